The van der Waals surface area contributed by atoms with Crippen LogP contribution >= 0.6 is 15.9 Å². The highest BCUT2D eigenvalue weighted by atomic mass is 79.9. The molecule has 0 N–H and O–H groups in total. The average Bonchev–Trinajstić information content (AvgIpc) is 2.33. The molecule has 0 fully saturated rings. The minimum atomic E-state index is 0.881. The first-order valence-electron chi connectivity index (χ1n) is 3.03. The molecule has 50 valence electrons. The maximum absolute atomic E-state index is 3.96. The molecule has 0 bridgehead atoms. The van der Waals surface area contributed by atoms with E-state index in [1.54, 1.807) is 6.21 Å². The molecule has 0 saturated heterocycles. The van der Waals surface area contributed by atoms with Crippen LogP contribution in [-0.2, 0) is 0 Å². The SMILES string of the molecule is BrC1=CC=C2C=NN=C2C1. The van der Waals surface area contributed by atoms with Crippen molar-refractivity contribution in [3.8, 4) is 0 Å². The number of hydrogen-bond acceptors (Lipinski definition) is 2. The molecule has 10 heavy (non-hydrogen) atoms. The Hall–Kier alpha value is -0.700. The first kappa shape index (κ1) is 6.04. The molecule has 0 aromatic heterocycles. The maximum Gasteiger partial charge on any atom is 0.0767 e. The standard InChI is InChI=1S/C7H5BrN2/c8-6-2-1-5-4-9-10-7(5)3-6/h1-2,4H,3H2. The molecule has 2 rings (SSSR count). The van der Waals surface area contributed by atoms with Gasteiger partial charge in [-0.1, -0.05) is 28.1 Å². The molecule has 0 aromatic rings. The van der Waals surface area contributed by atoms with Crippen LogP contribution in [0, 0.1) is 0 Å². The van der Waals surface area contributed by atoms with E-state index in [2.05, 4.69) is 26.1 Å². The van der Waals surface area contributed by atoms with Crippen LogP contribution in [-0.4, -0.2) is 11.9 Å². The van der Waals surface area contributed by atoms with Gasteiger partial charge in [0.05, 0.1) is 11.9 Å². The summed E-state index contributed by atoms with van der Waals surface area (Å²) in [7, 11) is 0. The number of nitrogens with zero attached hydrogens (tertiary/aromatic N) is 2. The van der Waals surface area contributed by atoms with Gasteiger partial charge in [0, 0.05) is 16.5 Å². The van der Waals surface area contributed by atoms with Crippen LogP contribution in [0.3, 0.4) is 0 Å². The highest BCUT2D eigenvalue weighted by molar-refractivity contribution is 9.11. The van der Waals surface area contributed by atoms with Gasteiger partial charge in [0.1, 0.15) is 0 Å². The van der Waals surface area contributed by atoms with Gasteiger partial charge in [0.25, 0.3) is 0 Å². The molecule has 0 spiro atoms. The molecule has 0 unspecified atom stereocenters. The van der Waals surface area contributed by atoms with Crippen LogP contribution in [0.25, 0.3) is 0 Å². The second kappa shape index (κ2) is 2.16. The highest BCUT2D eigenvalue weighted by Gasteiger charge is 2.13. The normalized spacial score (nSPS) is 21.5. The fourth-order valence-corrected chi connectivity index (χ4v) is 1.37. The molecule has 1 aliphatic carbocycles. The zero-order valence-electron chi connectivity index (χ0n) is 5.21. The molecule has 2 aliphatic rings. The number of fused-ring (bicyclic) bond motifs is 1. The van der Waals surface area contributed by atoms with Crippen LogP contribution in [0.15, 0.2) is 32.4 Å². The van der Waals surface area contributed by atoms with E-state index in [0.29, 0.717) is 0 Å². The topological polar surface area (TPSA) is 24.7 Å². The van der Waals surface area contributed by atoms with Gasteiger partial charge in [0.15, 0.2) is 0 Å². The lowest BCUT2D eigenvalue weighted by Gasteiger charge is -2.04. The lowest BCUT2D eigenvalue weighted by molar-refractivity contribution is 1.25. The van der Waals surface area contributed by atoms with E-state index in [1.165, 1.54) is 4.48 Å². The van der Waals surface area contributed by atoms with Crippen molar-refractivity contribution in [3.63, 3.8) is 0 Å². The Morgan fingerprint density at radius 1 is 1.40 bits per heavy atom. The Labute approximate surface area is 67.2 Å². The molecule has 0 radical (unpaired) electrons. The van der Waals surface area contributed by atoms with Crippen LogP contribution in [0.2, 0.25) is 0 Å². The fourth-order valence-electron chi connectivity index (χ4n) is 0.969. The minimum Gasteiger partial charge on any atom is -0.158 e. The predicted molar refractivity (Wildman–Crippen MR) is 45.6 cm³/mol. The van der Waals surface area contributed by atoms with Crippen molar-refractivity contribution in [2.75, 3.05) is 0 Å². The van der Waals surface area contributed by atoms with Gasteiger partial charge < -0.3 is 0 Å². The molecule has 0 saturated carbocycles. The van der Waals surface area contributed by atoms with Gasteiger partial charge in [-0.2, -0.15) is 10.2 Å². The first-order valence-corrected chi connectivity index (χ1v) is 3.82. The third-order valence-corrected chi connectivity index (χ3v) is 2.03. The third kappa shape index (κ3) is 0.865. The number of allylic oxidation sites excluding steroid dienone is 4. The Morgan fingerprint density at radius 3 is 3.20 bits per heavy atom. The molecule has 1 heterocycles. The summed E-state index contributed by atoms with van der Waals surface area (Å²) < 4.78 is 1.17. The summed E-state index contributed by atoms with van der Waals surface area (Å²) >= 11 is 3.40. The van der Waals surface area contributed by atoms with Crippen molar-refractivity contribution in [2.45, 2.75) is 6.42 Å². The number of rotatable bonds is 0. The lowest BCUT2D eigenvalue weighted by atomic mass is 10.0. The Balaban J connectivity index is 2.42. The smallest absolute Gasteiger partial charge is 0.0767 e. The maximum atomic E-state index is 3.96. The minimum absolute atomic E-state index is 0.881. The number of hydrogen-bond donors (Lipinski definition) is 0. The summed E-state index contributed by atoms with van der Waals surface area (Å²) in [4.78, 5) is 0. The summed E-state index contributed by atoms with van der Waals surface area (Å²) in [6.07, 6.45) is 6.71. The van der Waals surface area contributed by atoms with Crippen molar-refractivity contribution in [1.29, 1.82) is 0 Å². The van der Waals surface area contributed by atoms with Crippen molar-refractivity contribution in [3.05, 3.63) is 22.2 Å². The van der Waals surface area contributed by atoms with E-state index < -0.39 is 0 Å². The van der Waals surface area contributed by atoms with Gasteiger partial charge in [0.2, 0.25) is 0 Å². The van der Waals surface area contributed by atoms with E-state index in [4.69, 9.17) is 0 Å². The van der Waals surface area contributed by atoms with Gasteiger partial charge >= 0.3 is 0 Å². The third-order valence-electron chi connectivity index (χ3n) is 1.49. The summed E-state index contributed by atoms with van der Waals surface area (Å²) in [5, 5.41) is 7.76. The molecular formula is C7H5BrN2. The van der Waals surface area contributed by atoms with Gasteiger partial charge in [-0.15, -0.1) is 0 Å². The van der Waals surface area contributed by atoms with Crippen molar-refractivity contribution >= 4 is 27.9 Å². The van der Waals surface area contributed by atoms with Crippen molar-refractivity contribution in [1.82, 2.24) is 0 Å². The summed E-state index contributed by atoms with van der Waals surface area (Å²) in [5.41, 5.74) is 2.21. The summed E-state index contributed by atoms with van der Waals surface area (Å²) in [5.74, 6) is 0. The van der Waals surface area contributed by atoms with Crippen LogP contribution in [0.4, 0.5) is 0 Å². The molecule has 0 amide bonds. The van der Waals surface area contributed by atoms with E-state index in [1.807, 2.05) is 12.2 Å². The van der Waals surface area contributed by atoms with Gasteiger partial charge in [-0.3, -0.25) is 0 Å². The van der Waals surface area contributed by atoms with E-state index in [-0.39, 0.29) is 0 Å². The summed E-state index contributed by atoms with van der Waals surface area (Å²) in [6.45, 7) is 0. The van der Waals surface area contributed by atoms with Crippen LogP contribution in [0.5, 0.6) is 0 Å². The quantitative estimate of drug-likeness (QED) is 0.567. The van der Waals surface area contributed by atoms with Crippen LogP contribution in [0.1, 0.15) is 6.42 Å². The highest BCUT2D eigenvalue weighted by Crippen LogP contribution is 2.22. The lowest BCUT2D eigenvalue weighted by Crippen LogP contribution is -2.02. The molecule has 0 aromatic carbocycles. The zero-order valence-corrected chi connectivity index (χ0v) is 6.80. The van der Waals surface area contributed by atoms with Gasteiger partial charge in [-0.05, 0) is 0 Å². The Morgan fingerprint density at radius 2 is 2.30 bits per heavy atom. The molecule has 1 aliphatic heterocycles. The van der Waals surface area contributed by atoms with E-state index in [0.717, 1.165) is 17.7 Å². The van der Waals surface area contributed by atoms with Gasteiger partial charge in [-0.25, -0.2) is 0 Å². The van der Waals surface area contributed by atoms with E-state index >= 15 is 0 Å². The van der Waals surface area contributed by atoms with Crippen molar-refractivity contribution in [2.24, 2.45) is 10.2 Å². The predicted octanol–water partition coefficient (Wildman–Crippen LogP) is 2.04. The Kier molecular flexibility index (Phi) is 1.31. The molecule has 0 atom stereocenters. The Bertz CT molecular complexity index is 284. The number of halogens is 1. The largest absolute Gasteiger partial charge is 0.158 e. The molecule has 3 heteroatoms. The monoisotopic (exact) mass is 196 g/mol. The van der Waals surface area contributed by atoms with Crippen LogP contribution < -0.4 is 0 Å². The summed E-state index contributed by atoms with van der Waals surface area (Å²) in [6, 6.07) is 0. The van der Waals surface area contributed by atoms with E-state index in [9.17, 15) is 0 Å². The first-order chi connectivity index (χ1) is 4.86. The average molecular weight is 197 g/mol. The second-order valence-electron chi connectivity index (χ2n) is 2.20. The fraction of sp³-hybridized carbons (Fsp3) is 0.143. The molecular weight excluding hydrogens is 192 g/mol. The van der Waals surface area contributed by atoms with Crippen molar-refractivity contribution < 1.29 is 0 Å². The zero-order chi connectivity index (χ0) is 6.97. The second-order valence-corrected chi connectivity index (χ2v) is 3.22. The molecule has 2 nitrogen and oxygen atoms in total.